The van der Waals surface area contributed by atoms with E-state index in [0.717, 1.165) is 42.2 Å². The number of fused-ring (bicyclic) bond motifs is 1. The second-order valence-electron chi connectivity index (χ2n) is 5.46. The number of rotatable bonds is 4. The number of thiophene rings is 1. The van der Waals surface area contributed by atoms with Gasteiger partial charge >= 0.3 is 0 Å². The van der Waals surface area contributed by atoms with Crippen molar-refractivity contribution in [3.8, 4) is 0 Å². The van der Waals surface area contributed by atoms with Crippen LogP contribution in [0.25, 0.3) is 10.2 Å². The monoisotopic (exact) mass is 307 g/mol. The van der Waals surface area contributed by atoms with Crippen LogP contribution in [0.4, 0.5) is 11.8 Å². The van der Waals surface area contributed by atoms with Gasteiger partial charge in [-0.15, -0.1) is 11.3 Å². The number of nitrogens with zero attached hydrogens (tertiary/aromatic N) is 4. The van der Waals surface area contributed by atoms with E-state index in [1.165, 1.54) is 0 Å². The van der Waals surface area contributed by atoms with Crippen molar-refractivity contribution in [2.24, 2.45) is 5.84 Å². The van der Waals surface area contributed by atoms with Crippen LogP contribution in [0.15, 0.2) is 11.4 Å². The Hall–Kier alpha value is -1.48. The first-order chi connectivity index (χ1) is 10.2. The second-order valence-corrected chi connectivity index (χ2v) is 6.35. The second kappa shape index (κ2) is 6.10. The van der Waals surface area contributed by atoms with Crippen LogP contribution >= 0.6 is 11.3 Å². The van der Waals surface area contributed by atoms with Crippen molar-refractivity contribution in [3.05, 3.63) is 11.4 Å². The largest absolute Gasteiger partial charge is 0.368 e. The minimum atomic E-state index is 0.446. The summed E-state index contributed by atoms with van der Waals surface area (Å²) < 4.78 is 0. The van der Waals surface area contributed by atoms with Crippen molar-refractivity contribution >= 4 is 33.3 Å². The SMILES string of the molecule is CN1CCN(C)C(CNc2nc(NN)nc3sccc23)C1. The van der Waals surface area contributed by atoms with E-state index in [-0.39, 0.29) is 0 Å². The summed E-state index contributed by atoms with van der Waals surface area (Å²) in [7, 11) is 4.34. The molecule has 8 heteroatoms. The molecule has 0 aliphatic carbocycles. The summed E-state index contributed by atoms with van der Waals surface area (Å²) in [4.78, 5) is 14.5. The molecule has 114 valence electrons. The Balaban J connectivity index is 1.76. The fourth-order valence-electron chi connectivity index (χ4n) is 2.59. The van der Waals surface area contributed by atoms with E-state index in [2.05, 4.69) is 44.6 Å². The molecule has 1 aliphatic heterocycles. The lowest BCUT2D eigenvalue weighted by Gasteiger charge is -2.37. The molecule has 1 aliphatic rings. The van der Waals surface area contributed by atoms with Gasteiger partial charge < -0.3 is 10.2 Å². The molecule has 0 bridgehead atoms. The van der Waals surface area contributed by atoms with Crippen LogP contribution in [0.1, 0.15) is 0 Å². The maximum Gasteiger partial charge on any atom is 0.240 e. The molecule has 1 fully saturated rings. The molecule has 1 unspecified atom stereocenters. The molecule has 0 aromatic carbocycles. The molecule has 2 aromatic rings. The molecule has 21 heavy (non-hydrogen) atoms. The van der Waals surface area contributed by atoms with E-state index >= 15 is 0 Å². The van der Waals surface area contributed by atoms with Crippen molar-refractivity contribution in [1.29, 1.82) is 0 Å². The van der Waals surface area contributed by atoms with Gasteiger partial charge in [-0.25, -0.2) is 10.8 Å². The number of anilines is 2. The van der Waals surface area contributed by atoms with Gasteiger partial charge in [0.2, 0.25) is 5.95 Å². The summed E-state index contributed by atoms with van der Waals surface area (Å²) >= 11 is 1.59. The third kappa shape index (κ3) is 3.08. The minimum Gasteiger partial charge on any atom is -0.368 e. The molecule has 0 saturated carbocycles. The number of nitrogens with one attached hydrogen (secondary N) is 2. The summed E-state index contributed by atoms with van der Waals surface area (Å²) in [5.41, 5.74) is 2.53. The number of piperazine rings is 1. The summed E-state index contributed by atoms with van der Waals surface area (Å²) in [6.45, 7) is 4.13. The lowest BCUT2D eigenvalue weighted by atomic mass is 10.2. The number of nitrogens with two attached hydrogens (primary N) is 1. The molecular formula is C13H21N7S. The zero-order valence-corrected chi connectivity index (χ0v) is 13.2. The Kier molecular flexibility index (Phi) is 4.20. The average molecular weight is 307 g/mol. The Morgan fingerprint density at radius 3 is 3.05 bits per heavy atom. The zero-order valence-electron chi connectivity index (χ0n) is 12.3. The van der Waals surface area contributed by atoms with Gasteiger partial charge in [0.1, 0.15) is 10.6 Å². The molecule has 0 spiro atoms. The van der Waals surface area contributed by atoms with Crippen molar-refractivity contribution in [3.63, 3.8) is 0 Å². The number of likely N-dealkylation sites (N-methyl/N-ethyl adjacent to an activating group) is 2. The first kappa shape index (κ1) is 14.5. The quantitative estimate of drug-likeness (QED) is 0.564. The summed E-state index contributed by atoms with van der Waals surface area (Å²) in [6.07, 6.45) is 0. The highest BCUT2D eigenvalue weighted by Crippen LogP contribution is 2.26. The average Bonchev–Trinajstić information content (AvgIpc) is 2.96. The predicted molar refractivity (Wildman–Crippen MR) is 87.6 cm³/mol. The number of nitrogen functional groups attached to an aromatic ring is 1. The molecule has 7 nitrogen and oxygen atoms in total. The smallest absolute Gasteiger partial charge is 0.240 e. The number of aromatic nitrogens is 2. The van der Waals surface area contributed by atoms with Crippen LogP contribution in [0.5, 0.6) is 0 Å². The molecule has 2 aromatic heterocycles. The van der Waals surface area contributed by atoms with E-state index in [0.29, 0.717) is 12.0 Å². The Morgan fingerprint density at radius 2 is 2.24 bits per heavy atom. The summed E-state index contributed by atoms with van der Waals surface area (Å²) in [5.74, 6) is 6.73. The fourth-order valence-corrected chi connectivity index (χ4v) is 3.35. The van der Waals surface area contributed by atoms with Gasteiger partial charge in [0.15, 0.2) is 0 Å². The van der Waals surface area contributed by atoms with Crippen LogP contribution in [-0.2, 0) is 0 Å². The predicted octanol–water partition coefficient (Wildman–Crippen LogP) is 0.635. The summed E-state index contributed by atoms with van der Waals surface area (Å²) in [6, 6.07) is 2.51. The Labute approximate surface area is 128 Å². The van der Waals surface area contributed by atoms with Crippen molar-refractivity contribution in [2.45, 2.75) is 6.04 Å². The maximum absolute atomic E-state index is 5.44. The topological polar surface area (TPSA) is 82.3 Å². The fraction of sp³-hybridized carbons (Fsp3) is 0.538. The Morgan fingerprint density at radius 1 is 1.38 bits per heavy atom. The van der Waals surface area contributed by atoms with E-state index in [4.69, 9.17) is 5.84 Å². The number of hydrogen-bond acceptors (Lipinski definition) is 8. The van der Waals surface area contributed by atoms with Crippen LogP contribution in [0.3, 0.4) is 0 Å². The van der Waals surface area contributed by atoms with Gasteiger partial charge in [-0.2, -0.15) is 4.98 Å². The molecule has 0 amide bonds. The Bertz CT molecular complexity index is 614. The number of hydrogen-bond donors (Lipinski definition) is 3. The van der Waals surface area contributed by atoms with Crippen molar-refractivity contribution in [2.75, 3.05) is 51.0 Å². The van der Waals surface area contributed by atoms with Crippen LogP contribution < -0.4 is 16.6 Å². The van der Waals surface area contributed by atoms with Gasteiger partial charge in [-0.3, -0.25) is 10.3 Å². The maximum atomic E-state index is 5.44. The minimum absolute atomic E-state index is 0.446. The normalized spacial score (nSPS) is 20.8. The third-order valence-electron chi connectivity index (χ3n) is 3.94. The molecule has 4 N–H and O–H groups in total. The van der Waals surface area contributed by atoms with E-state index in [1.807, 2.05) is 11.4 Å². The van der Waals surface area contributed by atoms with Gasteiger partial charge in [-0.05, 0) is 25.5 Å². The van der Waals surface area contributed by atoms with Gasteiger partial charge in [0.25, 0.3) is 0 Å². The number of hydrazine groups is 1. The summed E-state index contributed by atoms with van der Waals surface area (Å²) in [5, 5.41) is 6.53. The van der Waals surface area contributed by atoms with Gasteiger partial charge in [-0.1, -0.05) is 0 Å². The third-order valence-corrected chi connectivity index (χ3v) is 4.75. The van der Waals surface area contributed by atoms with Crippen molar-refractivity contribution in [1.82, 2.24) is 19.8 Å². The highest BCUT2D eigenvalue weighted by atomic mass is 32.1. The molecular weight excluding hydrogens is 286 g/mol. The lowest BCUT2D eigenvalue weighted by Crippen LogP contribution is -2.52. The molecule has 0 radical (unpaired) electrons. The van der Waals surface area contributed by atoms with E-state index in [1.54, 1.807) is 11.3 Å². The highest BCUT2D eigenvalue weighted by Gasteiger charge is 2.22. The zero-order chi connectivity index (χ0) is 14.8. The van der Waals surface area contributed by atoms with Crippen LogP contribution in [0, 0.1) is 0 Å². The van der Waals surface area contributed by atoms with Gasteiger partial charge in [0, 0.05) is 32.2 Å². The van der Waals surface area contributed by atoms with Gasteiger partial charge in [0.05, 0.1) is 5.39 Å². The molecule has 3 rings (SSSR count). The lowest BCUT2D eigenvalue weighted by molar-refractivity contribution is 0.122. The highest BCUT2D eigenvalue weighted by molar-refractivity contribution is 7.16. The molecule has 3 heterocycles. The standard InChI is InChI=1S/C13H21N7S/c1-19-4-5-20(2)9(8-19)7-15-11-10-3-6-21-12(10)17-13(16-11)18-14/h3,6,9H,4-5,7-8,14H2,1-2H3,(H2,15,16,17,18). The molecule has 1 atom stereocenters. The van der Waals surface area contributed by atoms with Crippen molar-refractivity contribution < 1.29 is 0 Å². The van der Waals surface area contributed by atoms with Crippen LogP contribution in [-0.4, -0.2) is 66.1 Å². The van der Waals surface area contributed by atoms with E-state index < -0.39 is 0 Å². The first-order valence-electron chi connectivity index (χ1n) is 7.02. The first-order valence-corrected chi connectivity index (χ1v) is 7.90. The molecule has 1 saturated heterocycles. The van der Waals surface area contributed by atoms with Crippen LogP contribution in [0.2, 0.25) is 0 Å². The van der Waals surface area contributed by atoms with E-state index in [9.17, 15) is 0 Å².